The monoisotopic (exact) mass is 1290 g/mol. The third-order valence-electron chi connectivity index (χ3n) is 12.6. The number of aryl methyl sites for hydroxylation is 5. The number of ketones is 2. The smallest absolute Gasteiger partial charge is 0.317 e. The van der Waals surface area contributed by atoms with E-state index in [1.807, 2.05) is 17.3 Å². The van der Waals surface area contributed by atoms with E-state index in [9.17, 15) is 53.7 Å². The highest BCUT2D eigenvalue weighted by Gasteiger charge is 2.35. The van der Waals surface area contributed by atoms with Crippen molar-refractivity contribution in [2.75, 3.05) is 72.9 Å². The van der Waals surface area contributed by atoms with E-state index in [4.69, 9.17) is 4.42 Å². The van der Waals surface area contributed by atoms with Crippen molar-refractivity contribution in [3.05, 3.63) is 92.8 Å². The molecule has 0 bridgehead atoms. The van der Waals surface area contributed by atoms with Crippen molar-refractivity contribution in [1.29, 1.82) is 0 Å². The number of amides is 6. The summed E-state index contributed by atoms with van der Waals surface area (Å²) in [5.41, 5.74) is 0.0673. The lowest BCUT2D eigenvalue weighted by Gasteiger charge is -2.22. The number of aliphatic hydroxyl groups excluding tert-OH is 2. The summed E-state index contributed by atoms with van der Waals surface area (Å²) in [7, 11) is 8.58. The zero-order valence-corrected chi connectivity index (χ0v) is 50.2. The Bertz CT molecular complexity index is 3560. The van der Waals surface area contributed by atoms with Crippen LogP contribution in [-0.2, 0) is 62.6 Å². The lowest BCUT2D eigenvalue weighted by Crippen LogP contribution is -2.37. The molecule has 10 rings (SSSR count). The van der Waals surface area contributed by atoms with E-state index in [0.29, 0.717) is 118 Å². The fourth-order valence-corrected chi connectivity index (χ4v) is 8.71. The van der Waals surface area contributed by atoms with E-state index in [2.05, 4.69) is 134 Å². The molecular weight excluding hydrogens is 1220 g/mol. The topological polar surface area (TPSA) is 589 Å². The van der Waals surface area contributed by atoms with E-state index in [1.54, 1.807) is 42.9 Å². The highest BCUT2D eigenvalue weighted by atomic mass is 32.2. The number of urea groups is 1. The van der Waals surface area contributed by atoms with Crippen LogP contribution in [0.5, 0.6) is 5.75 Å². The molecule has 486 valence electrons. The number of aromatic nitrogens is 24. The van der Waals surface area contributed by atoms with E-state index in [1.165, 1.54) is 17.2 Å². The Morgan fingerprint density at radius 3 is 1.44 bits per heavy atom. The fourth-order valence-electron chi connectivity index (χ4n) is 7.89. The van der Waals surface area contributed by atoms with Gasteiger partial charge in [0, 0.05) is 98.6 Å². The van der Waals surface area contributed by atoms with Gasteiger partial charge in [-0.2, -0.15) is 31.3 Å². The van der Waals surface area contributed by atoms with Gasteiger partial charge in [0.1, 0.15) is 23.6 Å². The predicted molar refractivity (Wildman–Crippen MR) is 306 cm³/mol. The van der Waals surface area contributed by atoms with E-state index < -0.39 is 51.5 Å². The van der Waals surface area contributed by atoms with Crippen molar-refractivity contribution in [3.8, 4) is 5.75 Å². The van der Waals surface area contributed by atoms with Gasteiger partial charge in [0.05, 0.1) is 12.2 Å². The molecule has 12 N–H and O–H groups in total. The Hall–Kier alpha value is -11.4. The molecule has 7 aromatic heterocycles. The van der Waals surface area contributed by atoms with E-state index in [0.717, 1.165) is 43.4 Å². The number of aromatic amines is 6. The Morgan fingerprint density at radius 1 is 0.549 bits per heavy atom. The second kappa shape index (κ2) is 35.4. The number of Topliss-reactive ketones (excluding diaryl/α,β-unsaturated/α-hetero) is 1. The first-order valence-corrected chi connectivity index (χ1v) is 28.1. The van der Waals surface area contributed by atoms with Crippen LogP contribution < -0.4 is 26.3 Å². The number of aliphatic hydroxyl groups is 2. The maximum atomic E-state index is 11.7. The maximum absolute atomic E-state index is 11.7. The van der Waals surface area contributed by atoms with Gasteiger partial charge in [0.15, 0.2) is 52.2 Å². The van der Waals surface area contributed by atoms with Gasteiger partial charge in [-0.15, -0.1) is 61.2 Å². The van der Waals surface area contributed by atoms with Gasteiger partial charge in [-0.3, -0.25) is 49.1 Å². The number of carbonyl (C=O) groups excluding carboxylic acids is 7. The minimum atomic E-state index is -0.764. The molecular formula is C46H64N32O12S. The number of nitrogens with one attached hydrogen (secondary N) is 9. The fraction of sp³-hybridized carbons (Fsp3) is 0.478. The Labute approximate surface area is 516 Å². The summed E-state index contributed by atoms with van der Waals surface area (Å²) in [6, 6.07) is -0.196. The first-order valence-electron chi connectivity index (χ1n) is 27.2. The molecule has 2 aliphatic heterocycles. The minimum Gasteiger partial charge on any atom is -0.504 e. The molecule has 1 fully saturated rings. The molecule has 0 radical (unpaired) electrons. The Morgan fingerprint density at radius 2 is 1.00 bits per heavy atom. The van der Waals surface area contributed by atoms with Crippen LogP contribution in [0.1, 0.15) is 67.1 Å². The van der Waals surface area contributed by atoms with Crippen LogP contribution >= 0.6 is 11.8 Å². The van der Waals surface area contributed by atoms with Gasteiger partial charge >= 0.3 is 6.03 Å². The number of nitrogens with zero attached hydrogens (tertiary/aromatic N) is 23. The summed E-state index contributed by atoms with van der Waals surface area (Å²) in [6.07, 6.45) is 11.3. The summed E-state index contributed by atoms with van der Waals surface area (Å²) in [5, 5.41) is 115. The number of hydrogen-bond donors (Lipinski definition) is 12. The molecule has 1 unspecified atom stereocenters. The molecule has 1 atom stereocenters. The number of likely N-dealkylation sites (N-methyl/N-ethyl adjacent to an activating group) is 3. The molecule has 45 heteroatoms. The average molecular weight is 1290 g/mol. The van der Waals surface area contributed by atoms with Crippen molar-refractivity contribution in [2.24, 2.45) is 0 Å². The zero-order chi connectivity index (χ0) is 65.7. The number of thioether (sulfide) groups is 1. The quantitative estimate of drug-likeness (QED) is 0.0181. The van der Waals surface area contributed by atoms with E-state index >= 15 is 0 Å². The third kappa shape index (κ3) is 22.4. The van der Waals surface area contributed by atoms with Gasteiger partial charge in [0.25, 0.3) is 23.0 Å². The van der Waals surface area contributed by atoms with Gasteiger partial charge in [0.2, 0.25) is 22.7 Å². The predicted octanol–water partition coefficient (Wildman–Crippen LogP) is -4.18. The summed E-state index contributed by atoms with van der Waals surface area (Å²) in [6.45, 7) is 3.15. The van der Waals surface area contributed by atoms with Crippen LogP contribution in [0.25, 0.3) is 0 Å². The summed E-state index contributed by atoms with van der Waals surface area (Å²) < 4.78 is 4.86. The standard InChI is InChI=1S/C11H13N5O3.C10H13N5O3.C9H12N6O3.C8H14N10O.C8H12N6O2S/c1-16(4-2-3-10-12-14-15-13-10)8-5-7(17)6-9(18)11(8)19;1-15(4-2-3-9-11-13-14-12-9)7-5-18-6-8(16)10(7)17;1-15(4-2-3-5-11-13-14-12-5)6-7(16)9(18)10-8(6)17;1-18(4-2-3-6-10-14-15-11-6)8(19)9-5-7-12-16-17-13-7;1-14(7-6(15)9-8(16)17-7)4-2-3-5-10-12-13-11-5/h5-6,18H,2-4H2,1H3,(H,12,13,14,15);5-6,16H,2-4H2,1H3,(H,11,12,13,14);2-4H2,1H3,(H2,10,16,17,18)(H,11,12,13,14);2-5H2,1H3,(H,9,19)(H,10,11,14,15)(H,12,13,16,17);7H,2-4H2,1H3,(H,9,15,16)(H,10,11,12,13). The number of imide groups is 2. The van der Waals surface area contributed by atoms with Crippen LogP contribution in [0.15, 0.2) is 56.8 Å². The molecule has 9 heterocycles. The number of hydrogen-bond acceptors (Lipinski definition) is 35. The highest BCUT2D eigenvalue weighted by Crippen LogP contribution is 2.22. The van der Waals surface area contributed by atoms with Crippen molar-refractivity contribution >= 4 is 58.0 Å². The molecule has 1 saturated heterocycles. The van der Waals surface area contributed by atoms with Crippen LogP contribution in [-0.4, -0.2) is 273 Å². The van der Waals surface area contributed by atoms with Gasteiger partial charge in [-0.1, -0.05) is 31.3 Å². The van der Waals surface area contributed by atoms with Crippen molar-refractivity contribution < 1.29 is 53.3 Å². The first kappa shape index (κ1) is 68.7. The number of allylic oxidation sites excluding steroid dienone is 2. The zero-order valence-electron chi connectivity index (χ0n) is 49.4. The number of rotatable bonds is 26. The third-order valence-corrected chi connectivity index (χ3v) is 13.7. The van der Waals surface area contributed by atoms with Crippen LogP contribution in [0.3, 0.4) is 0 Å². The number of carbonyl (C=O) groups is 7. The van der Waals surface area contributed by atoms with Gasteiger partial charge in [-0.25, -0.2) is 4.79 Å². The number of anilines is 1. The minimum absolute atomic E-state index is 0.00638. The number of aromatic hydroxyl groups is 1. The molecule has 0 aromatic carbocycles. The van der Waals surface area contributed by atoms with Crippen LogP contribution in [0, 0.1) is 0 Å². The average Bonchev–Trinajstić information content (AvgIpc) is 2.26. The molecule has 1 aliphatic carbocycles. The lowest BCUT2D eigenvalue weighted by molar-refractivity contribution is -0.125. The van der Waals surface area contributed by atoms with Crippen molar-refractivity contribution in [3.63, 3.8) is 0 Å². The number of tetrazole rings is 6. The number of H-pyrrole nitrogens is 6. The maximum Gasteiger partial charge on any atom is 0.317 e. The summed E-state index contributed by atoms with van der Waals surface area (Å²) in [4.78, 5) is 99.4. The highest BCUT2D eigenvalue weighted by molar-refractivity contribution is 8.15. The largest absolute Gasteiger partial charge is 0.504 e. The van der Waals surface area contributed by atoms with Crippen molar-refractivity contribution in [1.82, 2.24) is 159 Å². The van der Waals surface area contributed by atoms with Gasteiger partial charge in [-0.05, 0) is 57.5 Å². The second-order valence-corrected chi connectivity index (χ2v) is 20.4. The molecule has 91 heavy (non-hydrogen) atoms. The molecule has 44 nitrogen and oxygen atoms in total. The summed E-state index contributed by atoms with van der Waals surface area (Å²) in [5.74, 6) is -0.448. The second-order valence-electron chi connectivity index (χ2n) is 19.3. The summed E-state index contributed by atoms with van der Waals surface area (Å²) >= 11 is 1.01. The van der Waals surface area contributed by atoms with Gasteiger partial charge < -0.3 is 44.7 Å². The molecule has 6 amide bonds. The van der Waals surface area contributed by atoms with Crippen LogP contribution in [0.4, 0.5) is 15.3 Å². The Kier molecular flexibility index (Phi) is 26.7. The molecule has 0 saturated carbocycles. The van der Waals surface area contributed by atoms with E-state index in [-0.39, 0.29) is 35.1 Å². The molecule has 3 aliphatic rings. The SMILES string of the molecule is CN(CCCc1nn[nH]n1)C(=O)NCc1nn[nH]n1.CN(CCCc1nn[nH]n1)C1=C(O)C(=O)NC1=O.CN(CCCc1nn[nH]n1)C1=CC(=O)C=C(O)C1=O.CN(CCCc1nn[nH]n1)C1SC(=O)NC1=O.CN(CCCc1nn[nH]n1)c1cocc(O)c1=O. The Balaban J connectivity index is 0.000000181. The normalized spacial score (nSPS) is 14.2. The molecule has 7 aromatic rings. The lowest BCUT2D eigenvalue weighted by atomic mass is 10.1. The van der Waals surface area contributed by atoms with Crippen molar-refractivity contribution in [2.45, 2.75) is 76.1 Å². The van der Waals surface area contributed by atoms with Crippen LogP contribution in [0.2, 0.25) is 0 Å². The first-order chi connectivity index (χ1) is 43.8. The molecule has 0 spiro atoms.